The summed E-state index contributed by atoms with van der Waals surface area (Å²) in [7, 11) is 0. The second-order valence-electron chi connectivity index (χ2n) is 1.94. The fourth-order valence-corrected chi connectivity index (χ4v) is 0.511. The Labute approximate surface area is 74.3 Å². The van der Waals surface area contributed by atoms with E-state index in [1.165, 1.54) is 0 Å². The van der Waals surface area contributed by atoms with Gasteiger partial charge in [0.15, 0.2) is 0 Å². The number of unbranched alkanes of at least 4 members (excludes halogenated alkanes) is 2. The summed E-state index contributed by atoms with van der Waals surface area (Å²) in [5, 5.41) is 28.7. The Hall–Kier alpha value is -0.320. The van der Waals surface area contributed by atoms with Crippen LogP contribution in [0.3, 0.4) is 0 Å². The lowest BCUT2D eigenvalue weighted by molar-refractivity contribution is -0.812. The van der Waals surface area contributed by atoms with E-state index in [0.29, 0.717) is 6.61 Å². The molecular weight excluding hydrogens is 188 g/mol. The summed E-state index contributed by atoms with van der Waals surface area (Å²) < 4.78 is 0. The van der Waals surface area contributed by atoms with Crippen molar-refractivity contribution in [3.05, 3.63) is 0 Å². The van der Waals surface area contributed by atoms with Gasteiger partial charge in [-0.15, -0.1) is 0 Å². The molecule has 0 amide bonds. The summed E-state index contributed by atoms with van der Waals surface area (Å²) in [6.45, 7) is 2.43. The van der Waals surface area contributed by atoms with Gasteiger partial charge in [0, 0.05) is 0 Å². The maximum absolute atomic E-state index is 7.51. The lowest BCUT2D eigenvalue weighted by Crippen LogP contribution is -2.01. The van der Waals surface area contributed by atoms with Crippen LogP contribution in [0.2, 0.25) is 0 Å². The summed E-state index contributed by atoms with van der Waals surface area (Å²) in [4.78, 5) is 4.43. The highest BCUT2D eigenvalue weighted by atomic mass is 17.9. The van der Waals surface area contributed by atoms with Crippen LogP contribution in [0.4, 0.5) is 0 Å². The molecule has 0 aromatic rings. The number of hydrogen-bond acceptors (Lipinski definition) is 8. The first-order valence-corrected chi connectivity index (χ1v) is 3.68. The van der Waals surface area contributed by atoms with Crippen molar-refractivity contribution in [2.45, 2.75) is 26.2 Å². The zero-order chi connectivity index (χ0) is 9.78. The molecule has 0 heterocycles. The third kappa shape index (κ3) is 11.7. The average molecular weight is 200 g/mol. The van der Waals surface area contributed by atoms with E-state index in [1.807, 2.05) is 0 Å². The predicted octanol–water partition coefficient (Wildman–Crippen LogP) is 1.26. The van der Waals surface area contributed by atoms with E-state index >= 15 is 0 Å². The Morgan fingerprint density at radius 2 is 1.62 bits per heavy atom. The van der Waals surface area contributed by atoms with E-state index in [-0.39, 0.29) is 0 Å². The van der Waals surface area contributed by atoms with Crippen LogP contribution in [0.5, 0.6) is 0 Å². The molecule has 0 saturated heterocycles. The van der Waals surface area contributed by atoms with Gasteiger partial charge in [0.25, 0.3) is 0 Å². The van der Waals surface area contributed by atoms with Gasteiger partial charge in [0.05, 0.1) is 6.61 Å². The molecule has 80 valence electrons. The highest BCUT2D eigenvalue weighted by Crippen LogP contribution is 1.95. The Morgan fingerprint density at radius 3 is 2.31 bits per heavy atom. The van der Waals surface area contributed by atoms with Crippen molar-refractivity contribution in [3.8, 4) is 0 Å². The van der Waals surface area contributed by atoms with Crippen molar-refractivity contribution >= 4 is 0 Å². The molecule has 0 fully saturated rings. The summed E-state index contributed by atoms with van der Waals surface area (Å²) in [5.74, 6) is 0. The van der Waals surface area contributed by atoms with Crippen LogP contribution >= 0.6 is 0 Å². The minimum absolute atomic E-state index is 0.370. The van der Waals surface area contributed by atoms with Gasteiger partial charge in [-0.05, 0) is 36.7 Å². The first-order valence-electron chi connectivity index (χ1n) is 3.68. The normalized spacial score (nSPS) is 10.6. The van der Waals surface area contributed by atoms with Gasteiger partial charge in [-0.1, -0.05) is 19.8 Å². The zero-order valence-electron chi connectivity index (χ0n) is 7.13. The van der Waals surface area contributed by atoms with Crippen LogP contribution in [0.1, 0.15) is 26.2 Å². The monoisotopic (exact) mass is 200 g/mol. The van der Waals surface area contributed by atoms with Crippen molar-refractivity contribution in [1.29, 1.82) is 0 Å². The molecule has 0 saturated carbocycles. The molecule has 0 aliphatic heterocycles. The fourth-order valence-electron chi connectivity index (χ4n) is 0.511. The van der Waals surface area contributed by atoms with E-state index < -0.39 is 0 Å². The lowest BCUT2D eigenvalue weighted by Gasteiger charge is -1.99. The van der Waals surface area contributed by atoms with Crippen molar-refractivity contribution in [1.82, 2.24) is 0 Å². The highest BCUT2D eigenvalue weighted by Gasteiger charge is 1.93. The lowest BCUT2D eigenvalue weighted by atomic mass is 10.3. The molecule has 0 aromatic carbocycles. The van der Waals surface area contributed by atoms with Gasteiger partial charge < -0.3 is 0 Å². The topological polar surface area (TPSA) is 84.8 Å². The van der Waals surface area contributed by atoms with Gasteiger partial charge in [0.1, 0.15) is 0 Å². The third-order valence-electron chi connectivity index (χ3n) is 1.02. The smallest absolute Gasteiger partial charge is 0.0855 e. The van der Waals surface area contributed by atoms with Gasteiger partial charge >= 0.3 is 0 Å². The highest BCUT2D eigenvalue weighted by molar-refractivity contribution is 4.32. The molecule has 8 nitrogen and oxygen atoms in total. The van der Waals surface area contributed by atoms with Gasteiger partial charge in [-0.2, -0.15) is 0 Å². The molecule has 0 aromatic heterocycles. The Balaban J connectivity index is 2.76. The standard InChI is InChI=1S/C5H12O8/c1-2-3-4-5-7-9-11-13-12-10-8-6/h6H,2-5H2,1H3. The van der Waals surface area contributed by atoms with Gasteiger partial charge in [0.2, 0.25) is 0 Å². The first kappa shape index (κ1) is 12.7. The molecule has 0 rings (SSSR count). The minimum atomic E-state index is 0.370. The third-order valence-corrected chi connectivity index (χ3v) is 1.02. The second-order valence-corrected chi connectivity index (χ2v) is 1.94. The average Bonchev–Trinajstić information content (AvgIpc) is 2.16. The molecule has 0 unspecified atom stereocenters. The van der Waals surface area contributed by atoms with Crippen LogP contribution in [0, 0.1) is 0 Å². The van der Waals surface area contributed by atoms with Crippen molar-refractivity contribution in [2.75, 3.05) is 6.61 Å². The van der Waals surface area contributed by atoms with Crippen LogP contribution in [-0.4, -0.2) is 11.9 Å². The molecule has 0 bridgehead atoms. The van der Waals surface area contributed by atoms with E-state index in [0.717, 1.165) is 19.3 Å². The predicted molar refractivity (Wildman–Crippen MR) is 34.6 cm³/mol. The molecular formula is C5H12O8. The number of rotatable bonds is 10. The maximum atomic E-state index is 7.51. The van der Waals surface area contributed by atoms with E-state index in [2.05, 4.69) is 42.0 Å². The molecule has 0 aliphatic rings. The van der Waals surface area contributed by atoms with Gasteiger partial charge in [-0.25, -0.2) is 10.1 Å². The molecule has 0 radical (unpaired) electrons. The molecule has 0 atom stereocenters. The molecule has 0 aliphatic carbocycles. The Bertz CT molecular complexity index is 78.6. The van der Waals surface area contributed by atoms with Crippen LogP contribution in [0.25, 0.3) is 0 Å². The summed E-state index contributed by atoms with van der Waals surface area (Å²) in [6.07, 6.45) is 2.95. The first-order chi connectivity index (χ1) is 6.41. The van der Waals surface area contributed by atoms with E-state index in [4.69, 9.17) is 5.26 Å². The molecule has 0 spiro atoms. The SMILES string of the molecule is CCCCCOOOOOOOO. The quantitative estimate of drug-likeness (QED) is 0.320. The maximum Gasteiger partial charge on any atom is 0.0855 e. The van der Waals surface area contributed by atoms with Crippen molar-refractivity contribution in [3.63, 3.8) is 0 Å². The molecule has 8 heteroatoms. The minimum Gasteiger partial charge on any atom is -0.219 e. The van der Waals surface area contributed by atoms with Crippen LogP contribution in [0.15, 0.2) is 0 Å². The van der Waals surface area contributed by atoms with Crippen molar-refractivity contribution < 1.29 is 40.4 Å². The molecule has 1 N–H and O–H groups in total. The zero-order valence-corrected chi connectivity index (χ0v) is 7.13. The Kier molecular flexibility index (Phi) is 11.4. The van der Waals surface area contributed by atoms with Gasteiger partial charge in [-0.3, -0.25) is 0 Å². The Morgan fingerprint density at radius 1 is 0.923 bits per heavy atom. The fraction of sp³-hybridized carbons (Fsp3) is 1.00. The number of hydrogen-bond donors (Lipinski definition) is 1. The van der Waals surface area contributed by atoms with Crippen LogP contribution < -0.4 is 0 Å². The van der Waals surface area contributed by atoms with Crippen molar-refractivity contribution in [2.24, 2.45) is 0 Å². The second kappa shape index (κ2) is 11.7. The summed E-state index contributed by atoms with van der Waals surface area (Å²) >= 11 is 0. The largest absolute Gasteiger partial charge is 0.219 e. The summed E-state index contributed by atoms with van der Waals surface area (Å²) in [5.41, 5.74) is 0. The molecule has 13 heavy (non-hydrogen) atoms. The van der Waals surface area contributed by atoms with E-state index in [1.54, 1.807) is 0 Å². The van der Waals surface area contributed by atoms with Crippen LogP contribution in [-0.2, 0) is 35.1 Å². The summed E-state index contributed by atoms with van der Waals surface area (Å²) in [6, 6.07) is 0. The van der Waals surface area contributed by atoms with E-state index in [9.17, 15) is 0 Å².